The highest BCUT2D eigenvalue weighted by Crippen LogP contribution is 2.28. The molecule has 1 aliphatic rings. The van der Waals surface area contributed by atoms with Crippen LogP contribution in [0.2, 0.25) is 5.02 Å². The van der Waals surface area contributed by atoms with Crippen LogP contribution in [0.5, 0.6) is 0 Å². The fraction of sp³-hybridized carbons (Fsp3) is 0.400. The van der Waals surface area contributed by atoms with Crippen molar-refractivity contribution in [2.45, 2.75) is 19.4 Å². The van der Waals surface area contributed by atoms with Gasteiger partial charge in [-0.1, -0.05) is 17.7 Å². The lowest BCUT2D eigenvalue weighted by Gasteiger charge is -2.39. The number of hydrogen-bond donors (Lipinski definition) is 1. The van der Waals surface area contributed by atoms with Gasteiger partial charge in [0.2, 0.25) is 0 Å². The van der Waals surface area contributed by atoms with Crippen molar-refractivity contribution in [3.8, 4) is 0 Å². The first kappa shape index (κ1) is 14.9. The molecule has 0 bridgehead atoms. The summed E-state index contributed by atoms with van der Waals surface area (Å²) in [5.41, 5.74) is 1.55. The Morgan fingerprint density at radius 2 is 2.25 bits per heavy atom. The van der Waals surface area contributed by atoms with Gasteiger partial charge in [0.1, 0.15) is 0 Å². The maximum Gasteiger partial charge on any atom is 0.328 e. The van der Waals surface area contributed by atoms with E-state index in [1.807, 2.05) is 18.2 Å². The van der Waals surface area contributed by atoms with Crippen LogP contribution in [0.25, 0.3) is 6.08 Å². The summed E-state index contributed by atoms with van der Waals surface area (Å²) in [6.45, 7) is 6.43. The molecule has 1 aliphatic heterocycles. The highest BCUT2D eigenvalue weighted by molar-refractivity contribution is 6.32. The lowest BCUT2D eigenvalue weighted by molar-refractivity contribution is -0.131. The highest BCUT2D eigenvalue weighted by atomic mass is 35.5. The first-order valence-electron chi connectivity index (χ1n) is 6.47. The van der Waals surface area contributed by atoms with Crippen LogP contribution in [0.1, 0.15) is 19.4 Å². The first-order valence-corrected chi connectivity index (χ1v) is 6.85. The smallest absolute Gasteiger partial charge is 0.328 e. The van der Waals surface area contributed by atoms with E-state index >= 15 is 0 Å². The highest BCUT2D eigenvalue weighted by Gasteiger charge is 2.27. The van der Waals surface area contributed by atoms with Crippen LogP contribution in [0.15, 0.2) is 24.3 Å². The van der Waals surface area contributed by atoms with E-state index in [2.05, 4.69) is 18.7 Å². The zero-order valence-electron chi connectivity index (χ0n) is 11.6. The van der Waals surface area contributed by atoms with Crippen molar-refractivity contribution in [3.63, 3.8) is 0 Å². The van der Waals surface area contributed by atoms with Crippen LogP contribution in [0.3, 0.4) is 0 Å². The van der Waals surface area contributed by atoms with Crippen LogP contribution in [0, 0.1) is 0 Å². The van der Waals surface area contributed by atoms with Gasteiger partial charge >= 0.3 is 5.97 Å². The van der Waals surface area contributed by atoms with Crippen molar-refractivity contribution in [2.75, 3.05) is 24.6 Å². The number of nitrogens with zero attached hydrogens (tertiary/aromatic N) is 1. The van der Waals surface area contributed by atoms with Crippen molar-refractivity contribution >= 4 is 29.3 Å². The molecular formula is C15H18ClNO3. The van der Waals surface area contributed by atoms with E-state index in [0.717, 1.165) is 24.9 Å². The number of benzene rings is 1. The molecular weight excluding hydrogens is 278 g/mol. The summed E-state index contributed by atoms with van der Waals surface area (Å²) in [4.78, 5) is 12.7. The molecule has 1 fully saturated rings. The molecule has 2 rings (SSSR count). The third-order valence-corrected chi connectivity index (χ3v) is 3.51. The second-order valence-electron chi connectivity index (χ2n) is 5.41. The third-order valence-electron chi connectivity index (χ3n) is 3.18. The minimum Gasteiger partial charge on any atom is -0.478 e. The predicted molar refractivity (Wildman–Crippen MR) is 80.4 cm³/mol. The Bertz CT molecular complexity index is 540. The number of carboxylic acids is 1. The fourth-order valence-electron chi connectivity index (χ4n) is 2.25. The minimum atomic E-state index is -0.986. The third kappa shape index (κ3) is 3.74. The number of ether oxygens (including phenoxy) is 1. The second-order valence-corrected chi connectivity index (χ2v) is 5.81. The largest absolute Gasteiger partial charge is 0.478 e. The summed E-state index contributed by atoms with van der Waals surface area (Å²) >= 11 is 6.20. The fourth-order valence-corrected chi connectivity index (χ4v) is 2.48. The maximum absolute atomic E-state index is 10.5. The zero-order chi connectivity index (χ0) is 14.8. The van der Waals surface area contributed by atoms with E-state index in [1.54, 1.807) is 0 Å². The molecule has 1 N–H and O–H groups in total. The number of halogens is 1. The Morgan fingerprint density at radius 3 is 2.85 bits per heavy atom. The number of carbonyl (C=O) groups is 1. The van der Waals surface area contributed by atoms with Gasteiger partial charge in [-0.3, -0.25) is 0 Å². The van der Waals surface area contributed by atoms with Gasteiger partial charge in [-0.25, -0.2) is 4.79 Å². The van der Waals surface area contributed by atoms with E-state index in [4.69, 9.17) is 21.4 Å². The van der Waals surface area contributed by atoms with Crippen LogP contribution >= 0.6 is 11.6 Å². The number of morpholine rings is 1. The molecule has 0 saturated carbocycles. The summed E-state index contributed by atoms with van der Waals surface area (Å²) in [5.74, 6) is -0.986. The van der Waals surface area contributed by atoms with Gasteiger partial charge in [-0.15, -0.1) is 0 Å². The molecule has 1 heterocycles. The normalized spacial score (nSPS) is 18.4. The summed E-state index contributed by atoms with van der Waals surface area (Å²) in [5, 5.41) is 9.18. The minimum absolute atomic E-state index is 0.174. The van der Waals surface area contributed by atoms with Crippen LogP contribution in [-0.2, 0) is 9.53 Å². The maximum atomic E-state index is 10.5. The quantitative estimate of drug-likeness (QED) is 0.871. The summed E-state index contributed by atoms with van der Waals surface area (Å²) in [6, 6.07) is 5.65. The van der Waals surface area contributed by atoms with E-state index in [-0.39, 0.29) is 5.60 Å². The molecule has 1 saturated heterocycles. The molecule has 0 aliphatic carbocycles. The zero-order valence-corrected chi connectivity index (χ0v) is 12.4. The molecule has 108 valence electrons. The second kappa shape index (κ2) is 5.85. The number of aliphatic carboxylic acids is 1. The average Bonchev–Trinajstić information content (AvgIpc) is 2.36. The predicted octanol–water partition coefficient (Wildman–Crippen LogP) is 3.05. The monoisotopic (exact) mass is 295 g/mol. The Balaban J connectivity index is 2.18. The SMILES string of the molecule is CC1(C)CN(c2ccc(/C=C/C(=O)O)c(Cl)c2)CCO1. The van der Waals surface area contributed by atoms with E-state index in [1.165, 1.54) is 6.08 Å². The van der Waals surface area contributed by atoms with E-state index in [9.17, 15) is 4.79 Å². The number of carboxylic acid groups (broad SMARTS) is 1. The number of hydrogen-bond acceptors (Lipinski definition) is 3. The van der Waals surface area contributed by atoms with Crippen molar-refractivity contribution < 1.29 is 14.6 Å². The summed E-state index contributed by atoms with van der Waals surface area (Å²) in [7, 11) is 0. The van der Waals surface area contributed by atoms with Gasteiger partial charge in [-0.05, 0) is 37.6 Å². The first-order chi connectivity index (χ1) is 9.37. The Kier molecular flexibility index (Phi) is 4.35. The number of anilines is 1. The molecule has 5 heteroatoms. The Morgan fingerprint density at radius 1 is 1.50 bits per heavy atom. The standard InChI is InChI=1S/C15H18ClNO3/c1-15(2)10-17(7-8-20-15)12-5-3-11(13(16)9-12)4-6-14(18)19/h3-6,9H,7-8,10H2,1-2H3,(H,18,19)/b6-4+. The van der Waals surface area contributed by atoms with Crippen LogP contribution < -0.4 is 4.90 Å². The van der Waals surface area contributed by atoms with Gasteiger partial charge in [0, 0.05) is 29.9 Å². The van der Waals surface area contributed by atoms with Crippen molar-refractivity contribution in [3.05, 3.63) is 34.9 Å². The molecule has 1 aromatic rings. The lowest BCUT2D eigenvalue weighted by atomic mass is 10.1. The molecule has 4 nitrogen and oxygen atoms in total. The molecule has 0 amide bonds. The summed E-state index contributed by atoms with van der Waals surface area (Å²) < 4.78 is 5.68. The van der Waals surface area contributed by atoms with Gasteiger partial charge < -0.3 is 14.7 Å². The van der Waals surface area contributed by atoms with Crippen molar-refractivity contribution in [2.24, 2.45) is 0 Å². The van der Waals surface area contributed by atoms with Crippen molar-refractivity contribution in [1.82, 2.24) is 0 Å². The van der Waals surface area contributed by atoms with Crippen LogP contribution in [-0.4, -0.2) is 36.4 Å². The van der Waals surface area contributed by atoms with Gasteiger partial charge in [0.25, 0.3) is 0 Å². The molecule has 0 radical (unpaired) electrons. The van der Waals surface area contributed by atoms with E-state index in [0.29, 0.717) is 17.2 Å². The van der Waals surface area contributed by atoms with Crippen molar-refractivity contribution in [1.29, 1.82) is 0 Å². The Hall–Kier alpha value is -1.52. The molecule has 0 unspecified atom stereocenters. The number of rotatable bonds is 3. The molecule has 0 spiro atoms. The average molecular weight is 296 g/mol. The molecule has 20 heavy (non-hydrogen) atoms. The van der Waals surface area contributed by atoms with E-state index < -0.39 is 5.97 Å². The topological polar surface area (TPSA) is 49.8 Å². The molecule has 0 aromatic heterocycles. The summed E-state index contributed by atoms with van der Waals surface area (Å²) in [6.07, 6.45) is 2.58. The van der Waals surface area contributed by atoms with Gasteiger partial charge in [-0.2, -0.15) is 0 Å². The van der Waals surface area contributed by atoms with Gasteiger partial charge in [0.15, 0.2) is 0 Å². The van der Waals surface area contributed by atoms with Gasteiger partial charge in [0.05, 0.1) is 12.2 Å². The Labute approximate surface area is 123 Å². The molecule has 0 atom stereocenters. The molecule has 1 aromatic carbocycles. The van der Waals surface area contributed by atoms with Crippen LogP contribution in [0.4, 0.5) is 5.69 Å². The lowest BCUT2D eigenvalue weighted by Crippen LogP contribution is -2.48.